The Morgan fingerprint density at radius 3 is 1.67 bits per heavy atom. The van der Waals surface area contributed by atoms with Crippen LogP contribution >= 0.6 is 46.4 Å². The molecule has 1 aromatic rings. The Bertz CT molecular complexity index is 520. The zero-order valence-corrected chi connectivity index (χ0v) is 14.1. The first-order valence-electron chi connectivity index (χ1n) is 5.88. The zero-order valence-electron chi connectivity index (χ0n) is 11.1. The summed E-state index contributed by atoms with van der Waals surface area (Å²) < 4.78 is 9.70. The molecule has 0 aliphatic rings. The SMILES string of the molecule is CCOC(=O)C(C(=O)OCC)c1c(Cl)c(Cl)nc(Cl)c1Cl. The van der Waals surface area contributed by atoms with E-state index in [4.69, 9.17) is 55.9 Å². The number of hydrogen-bond acceptors (Lipinski definition) is 5. The number of ether oxygens (including phenoxy) is 2. The second-order valence-corrected chi connectivity index (χ2v) is 5.14. The Labute approximate surface area is 141 Å². The van der Waals surface area contributed by atoms with Gasteiger partial charge >= 0.3 is 11.9 Å². The molecule has 0 fully saturated rings. The van der Waals surface area contributed by atoms with Crippen molar-refractivity contribution in [2.45, 2.75) is 19.8 Å². The Kier molecular flexibility index (Phi) is 7.00. The third-order valence-electron chi connectivity index (χ3n) is 2.36. The number of hydrogen-bond donors (Lipinski definition) is 0. The van der Waals surface area contributed by atoms with E-state index in [0.29, 0.717) is 0 Å². The molecule has 0 spiro atoms. The molecule has 0 aliphatic heterocycles. The molecule has 0 unspecified atom stereocenters. The minimum Gasteiger partial charge on any atom is -0.465 e. The van der Waals surface area contributed by atoms with Crippen molar-refractivity contribution in [1.29, 1.82) is 0 Å². The molecule has 0 aromatic carbocycles. The first-order chi connectivity index (χ1) is 9.84. The highest BCUT2D eigenvalue weighted by molar-refractivity contribution is 6.47. The molecule has 1 rings (SSSR count). The summed E-state index contributed by atoms with van der Waals surface area (Å²) in [7, 11) is 0. The molecule has 1 heterocycles. The van der Waals surface area contributed by atoms with Gasteiger partial charge in [-0.05, 0) is 13.8 Å². The van der Waals surface area contributed by atoms with Crippen LogP contribution in [0.2, 0.25) is 20.4 Å². The molecule has 1 aromatic heterocycles. The summed E-state index contributed by atoms with van der Waals surface area (Å²) in [4.78, 5) is 27.8. The normalized spacial score (nSPS) is 10.6. The molecule has 9 heteroatoms. The van der Waals surface area contributed by atoms with E-state index in [1.54, 1.807) is 13.8 Å². The highest BCUT2D eigenvalue weighted by atomic mass is 35.5. The van der Waals surface area contributed by atoms with Crippen LogP contribution in [0.5, 0.6) is 0 Å². The maximum atomic E-state index is 12.0. The van der Waals surface area contributed by atoms with Crippen LogP contribution in [0.25, 0.3) is 0 Å². The van der Waals surface area contributed by atoms with Crippen LogP contribution in [0.1, 0.15) is 25.3 Å². The highest BCUT2D eigenvalue weighted by Gasteiger charge is 2.37. The van der Waals surface area contributed by atoms with Gasteiger partial charge in [-0.2, -0.15) is 0 Å². The van der Waals surface area contributed by atoms with Gasteiger partial charge in [-0.15, -0.1) is 0 Å². The second kappa shape index (κ2) is 8.03. The fourth-order valence-corrected chi connectivity index (χ4v) is 2.50. The topological polar surface area (TPSA) is 65.5 Å². The van der Waals surface area contributed by atoms with Crippen molar-refractivity contribution in [2.24, 2.45) is 0 Å². The molecular weight excluding hydrogens is 364 g/mol. The Morgan fingerprint density at radius 2 is 1.33 bits per heavy atom. The average Bonchev–Trinajstić information content (AvgIpc) is 2.41. The number of aromatic nitrogens is 1. The van der Waals surface area contributed by atoms with Gasteiger partial charge in [0.05, 0.1) is 23.3 Å². The van der Waals surface area contributed by atoms with Crippen LogP contribution in [-0.4, -0.2) is 30.1 Å². The number of halogens is 4. The van der Waals surface area contributed by atoms with E-state index in [-0.39, 0.29) is 39.1 Å². The third kappa shape index (κ3) is 4.13. The summed E-state index contributed by atoms with van der Waals surface area (Å²) in [5.41, 5.74) is -0.0831. The molecule has 116 valence electrons. The van der Waals surface area contributed by atoms with Crippen LogP contribution in [0.4, 0.5) is 0 Å². The van der Waals surface area contributed by atoms with Crippen molar-refractivity contribution in [3.63, 3.8) is 0 Å². The maximum absolute atomic E-state index is 12.0. The van der Waals surface area contributed by atoms with Crippen molar-refractivity contribution in [1.82, 2.24) is 4.98 Å². The quantitative estimate of drug-likeness (QED) is 0.444. The van der Waals surface area contributed by atoms with Crippen LogP contribution in [0.15, 0.2) is 0 Å². The van der Waals surface area contributed by atoms with E-state index in [1.807, 2.05) is 0 Å². The lowest BCUT2D eigenvalue weighted by atomic mass is 10.0. The lowest BCUT2D eigenvalue weighted by molar-refractivity contribution is -0.156. The Hall–Kier alpha value is -0.750. The second-order valence-electron chi connectivity index (χ2n) is 3.67. The molecule has 5 nitrogen and oxygen atoms in total. The number of pyridine rings is 1. The maximum Gasteiger partial charge on any atom is 0.325 e. The predicted molar refractivity (Wildman–Crippen MR) is 80.3 cm³/mol. The molecule has 0 radical (unpaired) electrons. The van der Waals surface area contributed by atoms with Gasteiger partial charge in [0.2, 0.25) is 0 Å². The first-order valence-corrected chi connectivity index (χ1v) is 7.39. The molecular formula is C12H11Cl4NO4. The first kappa shape index (κ1) is 18.3. The van der Waals surface area contributed by atoms with E-state index in [0.717, 1.165) is 0 Å². The van der Waals surface area contributed by atoms with Gasteiger partial charge in [-0.1, -0.05) is 46.4 Å². The van der Waals surface area contributed by atoms with Crippen molar-refractivity contribution < 1.29 is 19.1 Å². The van der Waals surface area contributed by atoms with E-state index in [9.17, 15) is 9.59 Å². The standard InChI is InChI=1S/C12H11Cl4NO4/c1-3-20-11(18)6(12(19)21-4-2)5-7(13)9(15)17-10(16)8(5)14/h6H,3-4H2,1-2H3. The summed E-state index contributed by atoms with van der Waals surface area (Å²) >= 11 is 23.6. The van der Waals surface area contributed by atoms with Crippen LogP contribution in [-0.2, 0) is 19.1 Å². The van der Waals surface area contributed by atoms with E-state index < -0.39 is 17.9 Å². The summed E-state index contributed by atoms with van der Waals surface area (Å²) in [6, 6.07) is 0. The third-order valence-corrected chi connectivity index (χ3v) is 3.87. The number of carbonyl (C=O) groups is 2. The molecule has 0 aliphatic carbocycles. The fraction of sp³-hybridized carbons (Fsp3) is 0.417. The minimum absolute atomic E-state index is 0.0660. The van der Waals surface area contributed by atoms with Crippen molar-refractivity contribution >= 4 is 58.3 Å². The summed E-state index contributed by atoms with van der Waals surface area (Å²) in [6.45, 7) is 3.32. The van der Waals surface area contributed by atoms with E-state index in [2.05, 4.69) is 4.98 Å². The van der Waals surface area contributed by atoms with Crippen molar-refractivity contribution in [3.8, 4) is 0 Å². The Morgan fingerprint density at radius 1 is 0.952 bits per heavy atom. The van der Waals surface area contributed by atoms with Gasteiger partial charge < -0.3 is 9.47 Å². The van der Waals surface area contributed by atoms with Gasteiger partial charge in [0, 0.05) is 5.56 Å². The number of esters is 2. The molecule has 0 N–H and O–H groups in total. The van der Waals surface area contributed by atoms with Gasteiger partial charge in [0.1, 0.15) is 10.3 Å². The lowest BCUT2D eigenvalue weighted by Crippen LogP contribution is -2.27. The summed E-state index contributed by atoms with van der Waals surface area (Å²) in [5.74, 6) is -3.21. The molecule has 0 bridgehead atoms. The van der Waals surface area contributed by atoms with E-state index in [1.165, 1.54) is 0 Å². The summed E-state index contributed by atoms with van der Waals surface area (Å²) in [6.07, 6.45) is 0. The predicted octanol–water partition coefficient (Wildman–Crippen LogP) is 3.91. The lowest BCUT2D eigenvalue weighted by Gasteiger charge is -2.18. The minimum atomic E-state index is -1.48. The highest BCUT2D eigenvalue weighted by Crippen LogP contribution is 2.40. The molecule has 21 heavy (non-hydrogen) atoms. The molecule has 0 atom stereocenters. The fourth-order valence-electron chi connectivity index (χ4n) is 1.54. The van der Waals surface area contributed by atoms with Crippen molar-refractivity contribution in [2.75, 3.05) is 13.2 Å². The van der Waals surface area contributed by atoms with Crippen molar-refractivity contribution in [3.05, 3.63) is 25.9 Å². The monoisotopic (exact) mass is 373 g/mol. The van der Waals surface area contributed by atoms with Crippen LogP contribution in [0.3, 0.4) is 0 Å². The number of carbonyl (C=O) groups excluding carboxylic acids is 2. The zero-order chi connectivity index (χ0) is 16.2. The number of rotatable bonds is 5. The summed E-state index contributed by atoms with van der Waals surface area (Å²) in [5, 5.41) is -0.673. The van der Waals surface area contributed by atoms with Gasteiger partial charge in [0.25, 0.3) is 0 Å². The van der Waals surface area contributed by atoms with E-state index >= 15 is 0 Å². The smallest absolute Gasteiger partial charge is 0.325 e. The number of nitrogens with zero attached hydrogens (tertiary/aromatic N) is 1. The van der Waals surface area contributed by atoms with Gasteiger partial charge in [-0.3, -0.25) is 9.59 Å². The molecule has 0 amide bonds. The van der Waals surface area contributed by atoms with Gasteiger partial charge in [-0.25, -0.2) is 4.98 Å². The average molecular weight is 375 g/mol. The van der Waals surface area contributed by atoms with Gasteiger partial charge in [0.15, 0.2) is 5.92 Å². The molecule has 0 saturated carbocycles. The van der Waals surface area contributed by atoms with Crippen LogP contribution in [0, 0.1) is 0 Å². The largest absolute Gasteiger partial charge is 0.465 e. The van der Waals surface area contributed by atoms with Crippen LogP contribution < -0.4 is 0 Å². The Balaban J connectivity index is 3.45. The molecule has 0 saturated heterocycles.